The number of phosphoric ester groups is 1. The second kappa shape index (κ2) is 11.0. The van der Waals surface area contributed by atoms with E-state index in [-0.39, 0.29) is 81.7 Å². The Labute approximate surface area is 247 Å². The minimum atomic E-state index is -4.62. The van der Waals surface area contributed by atoms with Crippen LogP contribution >= 0.6 is 19.6 Å². The van der Waals surface area contributed by atoms with Crippen LogP contribution in [-0.2, 0) is 18.3 Å². The predicted octanol–water partition coefficient (Wildman–Crippen LogP) is -3.50. The molecule has 5 heterocycles. The fourth-order valence-electron chi connectivity index (χ4n) is 4.32. The average Bonchev–Trinajstić information content (AvgIpc) is 3.58. The Balaban J connectivity index is 0.00000323. The number of ether oxygens (including phenoxy) is 1. The van der Waals surface area contributed by atoms with Crippen molar-refractivity contribution >= 4 is 59.1 Å². The number of nitrogen functional groups attached to an aromatic ring is 1. The van der Waals surface area contributed by atoms with Crippen LogP contribution in [0.1, 0.15) is 6.23 Å². The van der Waals surface area contributed by atoms with E-state index in [0.29, 0.717) is 11.4 Å². The van der Waals surface area contributed by atoms with Gasteiger partial charge in [-0.25, -0.2) is 9.61 Å². The number of imidazole rings is 1. The number of hydrogen-bond acceptors (Lipinski definition) is 17. The van der Waals surface area contributed by atoms with Gasteiger partial charge >= 0.3 is 35.2 Å². The molecule has 22 heteroatoms. The number of aliphatic hydroxyl groups is 1. The third kappa shape index (κ3) is 5.11. The SMILES string of the molecule is Nc1nc2c(nc(SCCNc3ccc([N+](=O)[O-])c4nonc34)n2[C@@H]2O[C@@H]3COP(=O)([O-])O[C@H]3[C@H]2O)c(=O)[nH]1.[Na+]. The molecule has 40 heavy (non-hydrogen) atoms. The van der Waals surface area contributed by atoms with Crippen molar-refractivity contribution in [2.45, 2.75) is 29.7 Å². The first kappa shape index (κ1) is 28.9. The molecule has 0 radical (unpaired) electrons. The van der Waals surface area contributed by atoms with Gasteiger partial charge in [-0.15, -0.1) is 0 Å². The van der Waals surface area contributed by atoms with Crippen LogP contribution in [-0.4, -0.2) is 77.1 Å². The maximum absolute atomic E-state index is 12.5. The summed E-state index contributed by atoms with van der Waals surface area (Å²) in [4.78, 5) is 45.7. The molecule has 2 aliphatic heterocycles. The molecule has 6 rings (SSSR count). The smallest absolute Gasteiger partial charge is 0.756 e. The molecule has 0 amide bonds. The first-order chi connectivity index (χ1) is 18.6. The summed E-state index contributed by atoms with van der Waals surface area (Å²) in [5.41, 5.74) is 5.38. The van der Waals surface area contributed by atoms with Crippen molar-refractivity contribution in [2.75, 3.05) is 30.0 Å². The number of nitro benzene ring substituents is 1. The molecule has 4 aromatic rings. The summed E-state index contributed by atoms with van der Waals surface area (Å²) in [6.45, 7) is -0.0794. The number of hydrogen-bond donors (Lipinski definition) is 4. The number of H-pyrrole nitrogens is 1. The van der Waals surface area contributed by atoms with E-state index in [1.54, 1.807) is 0 Å². The summed E-state index contributed by atoms with van der Waals surface area (Å²) in [6, 6.07) is 2.74. The zero-order valence-electron chi connectivity index (χ0n) is 20.3. The predicted molar refractivity (Wildman–Crippen MR) is 129 cm³/mol. The average molecular weight is 605 g/mol. The number of nitrogens with one attached hydrogen (secondary N) is 2. The van der Waals surface area contributed by atoms with Crippen LogP contribution in [0, 0.1) is 10.1 Å². The number of aliphatic hydroxyl groups excluding tert-OH is 1. The Morgan fingerprint density at radius 2 is 2.08 bits per heavy atom. The molecule has 0 bridgehead atoms. The maximum atomic E-state index is 12.5. The first-order valence-corrected chi connectivity index (χ1v) is 13.6. The summed E-state index contributed by atoms with van der Waals surface area (Å²) in [5.74, 6) is 0.120. The van der Waals surface area contributed by atoms with Crippen LogP contribution in [0.2, 0.25) is 0 Å². The van der Waals surface area contributed by atoms with Gasteiger partial charge in [0.25, 0.3) is 13.4 Å². The Bertz CT molecular complexity index is 1710. The number of benzene rings is 1. The Hall–Kier alpha value is -2.65. The molecule has 1 unspecified atom stereocenters. The number of rotatable bonds is 7. The van der Waals surface area contributed by atoms with Crippen LogP contribution in [0.5, 0.6) is 0 Å². The Morgan fingerprint density at radius 1 is 1.30 bits per heavy atom. The van der Waals surface area contributed by atoms with Crippen molar-refractivity contribution < 1.29 is 67.5 Å². The van der Waals surface area contributed by atoms with E-state index in [4.69, 9.17) is 15.0 Å². The zero-order chi connectivity index (χ0) is 27.5. The number of aromatic amines is 1. The van der Waals surface area contributed by atoms with E-state index in [1.165, 1.54) is 16.7 Å². The minimum absolute atomic E-state index is 0. The Morgan fingerprint density at radius 3 is 2.85 bits per heavy atom. The molecule has 2 aliphatic rings. The van der Waals surface area contributed by atoms with Gasteiger partial charge in [0.1, 0.15) is 18.3 Å². The summed E-state index contributed by atoms with van der Waals surface area (Å²) < 4.78 is 33.2. The normalized spacial score (nSPS) is 26.1. The van der Waals surface area contributed by atoms with Crippen LogP contribution in [0.3, 0.4) is 0 Å². The fourth-order valence-corrected chi connectivity index (χ4v) is 6.15. The number of nitro groups is 1. The molecule has 5 N–H and O–H groups in total. The number of aromatic nitrogens is 6. The van der Waals surface area contributed by atoms with Crippen LogP contribution < -0.4 is 51.1 Å². The van der Waals surface area contributed by atoms with Crippen molar-refractivity contribution in [3.8, 4) is 0 Å². The molecule has 2 fully saturated rings. The number of nitrogens with zero attached hydrogens (tertiary/aromatic N) is 6. The molecule has 2 saturated heterocycles. The van der Waals surface area contributed by atoms with Gasteiger partial charge in [0.15, 0.2) is 28.1 Å². The topological polar surface area (TPSA) is 272 Å². The minimum Gasteiger partial charge on any atom is -0.756 e. The third-order valence-electron chi connectivity index (χ3n) is 5.99. The van der Waals surface area contributed by atoms with E-state index in [9.17, 15) is 29.5 Å². The largest absolute Gasteiger partial charge is 1.00 e. The number of nitrogens with two attached hydrogens (primary N) is 1. The molecule has 19 nitrogen and oxygen atoms in total. The zero-order valence-corrected chi connectivity index (χ0v) is 24.0. The molecule has 0 aliphatic carbocycles. The van der Waals surface area contributed by atoms with Crippen molar-refractivity contribution in [2.24, 2.45) is 0 Å². The second-order valence-electron chi connectivity index (χ2n) is 8.38. The van der Waals surface area contributed by atoms with Gasteiger partial charge in [-0.1, -0.05) is 11.8 Å². The van der Waals surface area contributed by atoms with Crippen molar-refractivity contribution in [3.05, 3.63) is 32.6 Å². The van der Waals surface area contributed by atoms with Gasteiger partial charge in [0, 0.05) is 18.4 Å². The fraction of sp³-hybridized carbons (Fsp3) is 0.389. The number of anilines is 2. The molecular weight excluding hydrogens is 588 g/mol. The summed E-state index contributed by atoms with van der Waals surface area (Å²) in [7, 11) is -4.62. The van der Waals surface area contributed by atoms with Gasteiger partial charge < -0.3 is 34.8 Å². The van der Waals surface area contributed by atoms with E-state index >= 15 is 0 Å². The summed E-state index contributed by atoms with van der Waals surface area (Å²) >= 11 is 1.15. The van der Waals surface area contributed by atoms with Crippen molar-refractivity contribution in [1.82, 2.24) is 29.8 Å². The van der Waals surface area contributed by atoms with Gasteiger partial charge in [-0.2, -0.15) is 4.98 Å². The quantitative estimate of drug-likeness (QED) is 0.0397. The van der Waals surface area contributed by atoms with Gasteiger partial charge in [0.05, 0.1) is 17.2 Å². The molecule has 1 aromatic carbocycles. The summed E-state index contributed by atoms with van der Waals surface area (Å²) in [5, 5.41) is 32.7. The number of thioether (sulfide) groups is 1. The standard InChI is InChI=1S/C18H18N9O10PS.Na/c19-17-22-14-11(15(29)23-17)21-18(26(14)16-12(28)13-8(35-16)5-34-38(32,33)36-13)39-4-3-20-6-1-2-7(27(30)31)10-9(6)24-37-25-10;/h1-2,8,12-13,16,20,28H,3-5H2,(H,32,33)(H3,19,22,23,29);/q;+1/p-1/t8-,12-,13-,16-;/m1./s1. The third-order valence-corrected chi connectivity index (χ3v) is 7.91. The molecular formula is C18H17N9NaO10PS. The second-order valence-corrected chi connectivity index (χ2v) is 10.8. The van der Waals surface area contributed by atoms with E-state index in [2.05, 4.69) is 39.7 Å². The van der Waals surface area contributed by atoms with Crippen molar-refractivity contribution in [1.29, 1.82) is 0 Å². The molecule has 0 saturated carbocycles. The molecule has 5 atom stereocenters. The van der Waals surface area contributed by atoms with E-state index in [1.807, 2.05) is 0 Å². The number of fused-ring (bicyclic) bond motifs is 3. The van der Waals surface area contributed by atoms with E-state index < -0.39 is 42.8 Å². The Kier molecular flexibility index (Phi) is 7.92. The van der Waals surface area contributed by atoms with E-state index in [0.717, 1.165) is 11.8 Å². The van der Waals surface area contributed by atoms with Gasteiger partial charge in [0.2, 0.25) is 11.5 Å². The maximum Gasteiger partial charge on any atom is 1.00 e. The molecule has 3 aromatic heterocycles. The summed E-state index contributed by atoms with van der Waals surface area (Å²) in [6.07, 6.45) is -4.88. The van der Waals surface area contributed by atoms with Gasteiger partial charge in [-0.05, 0) is 16.4 Å². The molecule has 0 spiro atoms. The first-order valence-electron chi connectivity index (χ1n) is 11.1. The van der Waals surface area contributed by atoms with Crippen molar-refractivity contribution in [3.63, 3.8) is 0 Å². The van der Waals surface area contributed by atoms with Gasteiger partial charge in [-0.3, -0.25) is 29.0 Å². The van der Waals surface area contributed by atoms with Crippen LogP contribution in [0.15, 0.2) is 26.7 Å². The monoisotopic (exact) mass is 605 g/mol. The molecule has 206 valence electrons. The number of phosphoric acid groups is 1. The van der Waals surface area contributed by atoms with Crippen LogP contribution in [0.25, 0.3) is 22.2 Å². The number of non-ortho nitro benzene ring substituents is 1. The van der Waals surface area contributed by atoms with Crippen LogP contribution in [0.4, 0.5) is 17.3 Å².